The van der Waals surface area contributed by atoms with Gasteiger partial charge in [-0.2, -0.15) is 0 Å². The van der Waals surface area contributed by atoms with E-state index in [0.717, 1.165) is 18.4 Å². The van der Waals surface area contributed by atoms with E-state index in [1.807, 2.05) is 0 Å². The van der Waals surface area contributed by atoms with Crippen LogP contribution in [0.25, 0.3) is 0 Å². The predicted molar refractivity (Wildman–Crippen MR) is 73.3 cm³/mol. The summed E-state index contributed by atoms with van der Waals surface area (Å²) >= 11 is 0. The first-order valence-corrected chi connectivity index (χ1v) is 7.12. The van der Waals surface area contributed by atoms with Crippen LogP contribution in [-0.4, -0.2) is 22.8 Å². The second-order valence-electron chi connectivity index (χ2n) is 6.17. The van der Waals surface area contributed by atoms with Gasteiger partial charge in [-0.25, -0.2) is 0 Å². The molecular formula is C16H18O5. The van der Waals surface area contributed by atoms with Crippen molar-refractivity contribution in [1.82, 2.24) is 0 Å². The number of rotatable bonds is 3. The lowest BCUT2D eigenvalue weighted by atomic mass is 9.81. The smallest absolute Gasteiger partial charge is 0.324 e. The maximum atomic E-state index is 12.3. The van der Waals surface area contributed by atoms with Gasteiger partial charge in [0.05, 0.1) is 0 Å². The van der Waals surface area contributed by atoms with Gasteiger partial charge in [0.1, 0.15) is 5.75 Å². The Morgan fingerprint density at radius 3 is 2.10 bits per heavy atom. The number of carbonyl (C=O) groups excluding carboxylic acids is 2. The molecule has 2 fully saturated rings. The summed E-state index contributed by atoms with van der Waals surface area (Å²) in [5, 5.41) is 9.39. The highest BCUT2D eigenvalue weighted by Crippen LogP contribution is 2.48. The monoisotopic (exact) mass is 290 g/mol. The topological polar surface area (TPSA) is 72.8 Å². The molecule has 1 aliphatic heterocycles. The molecule has 21 heavy (non-hydrogen) atoms. The number of phenols is 1. The Labute approximate surface area is 122 Å². The molecule has 112 valence electrons. The Balaban J connectivity index is 1.92. The SMILES string of the molecule is CC1(C)OC(=O)C(C(c2ccc(O)cc2)C2CC2)C(=O)O1. The molecule has 5 nitrogen and oxygen atoms in total. The molecule has 1 aliphatic carbocycles. The van der Waals surface area contributed by atoms with Crippen molar-refractivity contribution >= 4 is 11.9 Å². The highest BCUT2D eigenvalue weighted by molar-refractivity contribution is 5.97. The van der Waals surface area contributed by atoms with Crippen LogP contribution in [0.5, 0.6) is 5.75 Å². The molecule has 1 aromatic carbocycles. The quantitative estimate of drug-likeness (QED) is 0.683. The van der Waals surface area contributed by atoms with Gasteiger partial charge in [-0.3, -0.25) is 9.59 Å². The van der Waals surface area contributed by atoms with Crippen LogP contribution in [0.4, 0.5) is 0 Å². The summed E-state index contributed by atoms with van der Waals surface area (Å²) in [6.07, 6.45) is 1.96. The van der Waals surface area contributed by atoms with E-state index in [2.05, 4.69) is 0 Å². The number of esters is 2. The number of aromatic hydroxyl groups is 1. The van der Waals surface area contributed by atoms with Gasteiger partial charge in [-0.05, 0) is 36.5 Å². The summed E-state index contributed by atoms with van der Waals surface area (Å²) < 4.78 is 10.5. The average molecular weight is 290 g/mol. The lowest BCUT2D eigenvalue weighted by molar-refractivity contribution is -0.241. The number of hydrogen-bond donors (Lipinski definition) is 1. The van der Waals surface area contributed by atoms with Crippen LogP contribution in [0.15, 0.2) is 24.3 Å². The van der Waals surface area contributed by atoms with Crippen LogP contribution < -0.4 is 0 Å². The first kappa shape index (κ1) is 13.9. The average Bonchev–Trinajstić information content (AvgIpc) is 3.18. The first-order chi connectivity index (χ1) is 9.87. The Hall–Kier alpha value is -2.04. The molecule has 5 heteroatoms. The lowest BCUT2D eigenvalue weighted by Gasteiger charge is -2.36. The highest BCUT2D eigenvalue weighted by Gasteiger charge is 2.51. The molecule has 0 radical (unpaired) electrons. The van der Waals surface area contributed by atoms with E-state index in [-0.39, 0.29) is 17.6 Å². The van der Waals surface area contributed by atoms with E-state index in [9.17, 15) is 14.7 Å². The predicted octanol–water partition coefficient (Wildman–Crippen LogP) is 2.34. The molecule has 1 atom stereocenters. The molecule has 1 aromatic rings. The fourth-order valence-electron chi connectivity index (χ4n) is 2.91. The molecule has 2 aliphatic rings. The van der Waals surface area contributed by atoms with Gasteiger partial charge in [0, 0.05) is 19.8 Å². The van der Waals surface area contributed by atoms with E-state index in [1.165, 1.54) is 0 Å². The van der Waals surface area contributed by atoms with Crippen LogP contribution in [0.1, 0.15) is 38.2 Å². The Bertz CT molecular complexity index is 551. The third-order valence-corrected chi connectivity index (χ3v) is 3.97. The fraction of sp³-hybridized carbons (Fsp3) is 0.500. The molecule has 0 spiro atoms. The maximum absolute atomic E-state index is 12.3. The van der Waals surface area contributed by atoms with Crippen molar-refractivity contribution in [3.63, 3.8) is 0 Å². The summed E-state index contributed by atoms with van der Waals surface area (Å²) in [6.45, 7) is 3.09. The Morgan fingerprint density at radius 1 is 1.10 bits per heavy atom. The number of cyclic esters (lactones) is 2. The van der Waals surface area contributed by atoms with E-state index >= 15 is 0 Å². The van der Waals surface area contributed by atoms with E-state index in [4.69, 9.17) is 9.47 Å². The van der Waals surface area contributed by atoms with Crippen molar-refractivity contribution in [3.05, 3.63) is 29.8 Å². The molecule has 0 bridgehead atoms. The zero-order chi connectivity index (χ0) is 15.2. The van der Waals surface area contributed by atoms with Crippen molar-refractivity contribution in [1.29, 1.82) is 0 Å². The molecule has 0 aromatic heterocycles. The van der Waals surface area contributed by atoms with Crippen molar-refractivity contribution in [2.75, 3.05) is 0 Å². The number of benzene rings is 1. The van der Waals surface area contributed by atoms with Gasteiger partial charge in [-0.1, -0.05) is 12.1 Å². The minimum atomic E-state index is -1.20. The third kappa shape index (κ3) is 2.73. The number of carbonyl (C=O) groups is 2. The summed E-state index contributed by atoms with van der Waals surface area (Å²) in [4.78, 5) is 24.5. The molecule has 1 unspecified atom stereocenters. The van der Waals surface area contributed by atoms with E-state index in [1.54, 1.807) is 38.1 Å². The number of phenolic OH excluding ortho intramolecular Hbond substituents is 1. The maximum Gasteiger partial charge on any atom is 0.324 e. The molecule has 1 N–H and O–H groups in total. The lowest BCUT2D eigenvalue weighted by Crippen LogP contribution is -2.48. The third-order valence-electron chi connectivity index (χ3n) is 3.97. The fourth-order valence-corrected chi connectivity index (χ4v) is 2.91. The summed E-state index contributed by atoms with van der Waals surface area (Å²) in [5.74, 6) is -2.99. The van der Waals surface area contributed by atoms with E-state index < -0.39 is 23.6 Å². The Morgan fingerprint density at radius 2 is 1.62 bits per heavy atom. The Kier molecular flexibility index (Phi) is 3.15. The van der Waals surface area contributed by atoms with Crippen molar-refractivity contribution < 1.29 is 24.2 Å². The molecule has 3 rings (SSSR count). The van der Waals surface area contributed by atoms with Gasteiger partial charge in [0.2, 0.25) is 0 Å². The van der Waals surface area contributed by atoms with Crippen molar-refractivity contribution in [2.24, 2.45) is 11.8 Å². The van der Waals surface area contributed by atoms with Crippen LogP contribution in [0.3, 0.4) is 0 Å². The summed E-state index contributed by atoms with van der Waals surface area (Å²) in [6, 6.07) is 6.62. The largest absolute Gasteiger partial charge is 0.508 e. The van der Waals surface area contributed by atoms with Gasteiger partial charge < -0.3 is 14.6 Å². The second-order valence-corrected chi connectivity index (χ2v) is 6.17. The van der Waals surface area contributed by atoms with Crippen LogP contribution >= 0.6 is 0 Å². The van der Waals surface area contributed by atoms with Crippen molar-refractivity contribution in [2.45, 2.75) is 38.4 Å². The zero-order valence-electron chi connectivity index (χ0n) is 12.0. The van der Waals surface area contributed by atoms with Crippen LogP contribution in [0.2, 0.25) is 0 Å². The number of hydrogen-bond acceptors (Lipinski definition) is 5. The van der Waals surface area contributed by atoms with Crippen molar-refractivity contribution in [3.8, 4) is 5.75 Å². The van der Waals surface area contributed by atoms with Gasteiger partial charge >= 0.3 is 11.9 Å². The highest BCUT2D eigenvalue weighted by atomic mass is 16.7. The van der Waals surface area contributed by atoms with Crippen LogP contribution in [0, 0.1) is 11.8 Å². The van der Waals surface area contributed by atoms with Gasteiger partial charge in [0.15, 0.2) is 5.92 Å². The normalized spacial score (nSPS) is 23.3. The van der Waals surface area contributed by atoms with Gasteiger partial charge in [-0.15, -0.1) is 0 Å². The molecule has 0 amide bonds. The van der Waals surface area contributed by atoms with E-state index in [0.29, 0.717) is 0 Å². The molecule has 1 heterocycles. The van der Waals surface area contributed by atoms with Gasteiger partial charge in [0.25, 0.3) is 5.79 Å². The standard InChI is InChI=1S/C16H18O5/c1-16(2)20-14(18)13(15(19)21-16)12(9-3-4-9)10-5-7-11(17)8-6-10/h5-9,12-13,17H,3-4H2,1-2H3. The second kappa shape index (κ2) is 4.76. The summed E-state index contributed by atoms with van der Waals surface area (Å²) in [5.41, 5.74) is 0.855. The van der Waals surface area contributed by atoms with Crippen LogP contribution in [-0.2, 0) is 19.1 Å². The minimum absolute atomic E-state index is 0.156. The molecule has 1 saturated heterocycles. The zero-order valence-corrected chi connectivity index (χ0v) is 12.0. The minimum Gasteiger partial charge on any atom is -0.508 e. The number of ether oxygens (including phenoxy) is 2. The first-order valence-electron chi connectivity index (χ1n) is 7.12. The molecular weight excluding hydrogens is 272 g/mol. The summed E-state index contributed by atoms with van der Waals surface area (Å²) in [7, 11) is 0. The molecule has 1 saturated carbocycles.